The Bertz CT molecular complexity index is 1130. The van der Waals surface area contributed by atoms with Gasteiger partial charge in [0.2, 0.25) is 0 Å². The Kier molecular flexibility index (Phi) is 47.8. The molecule has 0 aromatic heterocycles. The molecule has 0 bridgehead atoms. The van der Waals surface area contributed by atoms with E-state index in [2.05, 4.69) is 26.0 Å². The molecule has 0 heterocycles. The molecule has 0 amide bonds. The lowest BCUT2D eigenvalue weighted by molar-refractivity contribution is -0.870. The summed E-state index contributed by atoms with van der Waals surface area (Å²) < 4.78 is 34.0. The van der Waals surface area contributed by atoms with Crippen LogP contribution in [0.4, 0.5) is 0 Å². The highest BCUT2D eigenvalue weighted by molar-refractivity contribution is 7.45. The summed E-state index contributed by atoms with van der Waals surface area (Å²) in [6.07, 6.45) is 55.8. The number of rotatable bonds is 53. The first-order valence-corrected chi connectivity index (χ1v) is 29.9. The Balaban J connectivity index is 3.92. The molecule has 0 aliphatic rings. The van der Waals surface area contributed by atoms with Crippen molar-refractivity contribution in [2.75, 3.05) is 47.5 Å². The van der Waals surface area contributed by atoms with E-state index in [1.807, 2.05) is 21.1 Å². The summed E-state index contributed by atoms with van der Waals surface area (Å²) in [6, 6.07) is 0. The Hall–Kier alpha value is -1.25. The highest BCUT2D eigenvalue weighted by atomic mass is 31.2. The van der Waals surface area contributed by atoms with E-state index < -0.39 is 26.5 Å². The van der Waals surface area contributed by atoms with Crippen LogP contribution in [0, 0.1) is 0 Å². The van der Waals surface area contributed by atoms with E-state index in [-0.39, 0.29) is 32.0 Å². The van der Waals surface area contributed by atoms with E-state index in [0.29, 0.717) is 17.4 Å². The zero-order chi connectivity index (χ0) is 48.5. The lowest BCUT2D eigenvalue weighted by Crippen LogP contribution is -2.37. The molecule has 0 N–H and O–H groups in total. The average molecular weight is 956 g/mol. The Morgan fingerprint density at radius 1 is 0.455 bits per heavy atom. The van der Waals surface area contributed by atoms with Crippen LogP contribution in [0.3, 0.4) is 0 Å². The maximum atomic E-state index is 12.7. The average Bonchev–Trinajstić information content (AvgIpc) is 3.27. The largest absolute Gasteiger partial charge is 0.756 e. The maximum Gasteiger partial charge on any atom is 0.306 e. The van der Waals surface area contributed by atoms with Crippen LogP contribution in [0.1, 0.15) is 284 Å². The zero-order valence-electron chi connectivity index (χ0n) is 44.4. The van der Waals surface area contributed by atoms with Crippen LogP contribution < -0.4 is 4.89 Å². The molecular formula is C56H110NO8P. The van der Waals surface area contributed by atoms with Gasteiger partial charge in [-0.2, -0.15) is 0 Å². The molecule has 0 fully saturated rings. The number of phosphoric acid groups is 1. The number of nitrogens with zero attached hydrogens (tertiary/aromatic N) is 1. The number of ether oxygens (including phenoxy) is 2. The van der Waals surface area contributed by atoms with Crippen molar-refractivity contribution < 1.29 is 42.1 Å². The molecule has 0 rings (SSSR count). The van der Waals surface area contributed by atoms with Crippen LogP contribution in [0.2, 0.25) is 0 Å². The van der Waals surface area contributed by atoms with Crippen molar-refractivity contribution in [3.63, 3.8) is 0 Å². The number of phosphoric ester groups is 1. The van der Waals surface area contributed by atoms with E-state index >= 15 is 0 Å². The van der Waals surface area contributed by atoms with Crippen molar-refractivity contribution in [3.8, 4) is 0 Å². The van der Waals surface area contributed by atoms with Gasteiger partial charge in [-0.25, -0.2) is 0 Å². The third-order valence-corrected chi connectivity index (χ3v) is 13.7. The molecule has 0 saturated heterocycles. The quantitative estimate of drug-likeness (QED) is 0.0195. The summed E-state index contributed by atoms with van der Waals surface area (Å²) in [6.45, 7) is 4.23. The summed E-state index contributed by atoms with van der Waals surface area (Å²) in [5.41, 5.74) is 0. The Morgan fingerprint density at radius 3 is 1.17 bits per heavy atom. The standard InChI is InChI=1S/C56H110NO8P/c1-6-8-10-12-14-16-18-19-20-21-22-23-24-25-26-27-28-29-30-31-32-33-34-35-36-37-39-40-42-44-46-48-55(58)62-52-54(53-64-66(60,61)63-51-50-57(3,4)5)65-56(59)49-47-45-43-41-38-17-15-13-11-9-7-2/h13,15,54H,6-12,14,16-53H2,1-5H3/b15-13-. The molecule has 2 unspecified atom stereocenters. The van der Waals surface area contributed by atoms with Crippen LogP contribution in [-0.4, -0.2) is 70.0 Å². The van der Waals surface area contributed by atoms with Crippen LogP contribution in [0.5, 0.6) is 0 Å². The second kappa shape index (κ2) is 48.8. The Morgan fingerprint density at radius 2 is 0.788 bits per heavy atom. The molecular weight excluding hydrogens is 846 g/mol. The van der Waals surface area contributed by atoms with Gasteiger partial charge >= 0.3 is 11.9 Å². The molecule has 9 nitrogen and oxygen atoms in total. The van der Waals surface area contributed by atoms with Crippen LogP contribution in [0.25, 0.3) is 0 Å². The molecule has 0 aromatic rings. The highest BCUT2D eigenvalue weighted by Gasteiger charge is 2.22. The minimum absolute atomic E-state index is 0.0292. The molecule has 0 aliphatic carbocycles. The van der Waals surface area contributed by atoms with E-state index in [1.54, 1.807) is 0 Å². The number of carbonyl (C=O) groups excluding carboxylic acids is 2. The first-order chi connectivity index (χ1) is 32.0. The number of allylic oxidation sites excluding steroid dienone is 2. The van der Waals surface area contributed by atoms with E-state index in [0.717, 1.165) is 57.8 Å². The van der Waals surface area contributed by atoms with Crippen LogP contribution >= 0.6 is 7.82 Å². The Labute approximate surface area is 409 Å². The summed E-state index contributed by atoms with van der Waals surface area (Å²) in [7, 11) is 1.17. The second-order valence-corrected chi connectivity index (χ2v) is 22.1. The SMILES string of the molecule is CCCC/C=C\CCCCCCCC(=O)OC(COC(=O)CCCCCCCCCCCCCCCCCCCCCCCCCCCCCCCCC)COP(=O)([O-])OCC[N+](C)(C)C. The summed E-state index contributed by atoms with van der Waals surface area (Å²) >= 11 is 0. The zero-order valence-corrected chi connectivity index (χ0v) is 45.3. The summed E-state index contributed by atoms with van der Waals surface area (Å²) in [5, 5.41) is 0. The van der Waals surface area contributed by atoms with Gasteiger partial charge in [0.1, 0.15) is 19.8 Å². The number of hydrogen-bond donors (Lipinski definition) is 0. The number of quaternary nitrogens is 1. The van der Waals surface area contributed by atoms with Crippen LogP contribution in [0.15, 0.2) is 12.2 Å². The first kappa shape index (κ1) is 64.8. The van der Waals surface area contributed by atoms with Crippen molar-refractivity contribution in [3.05, 3.63) is 12.2 Å². The molecule has 2 atom stereocenters. The van der Waals surface area contributed by atoms with E-state index in [4.69, 9.17) is 18.5 Å². The van der Waals surface area contributed by atoms with Gasteiger partial charge in [-0.05, 0) is 32.1 Å². The van der Waals surface area contributed by atoms with Gasteiger partial charge in [-0.3, -0.25) is 14.2 Å². The van der Waals surface area contributed by atoms with E-state index in [9.17, 15) is 19.0 Å². The van der Waals surface area contributed by atoms with Gasteiger partial charge in [0, 0.05) is 12.8 Å². The van der Waals surface area contributed by atoms with E-state index in [1.165, 1.54) is 193 Å². The van der Waals surface area contributed by atoms with Crippen molar-refractivity contribution >= 4 is 19.8 Å². The lowest BCUT2D eigenvalue weighted by atomic mass is 10.0. The summed E-state index contributed by atoms with van der Waals surface area (Å²) in [5.74, 6) is -0.831. The number of carbonyl (C=O) groups is 2. The smallest absolute Gasteiger partial charge is 0.306 e. The first-order valence-electron chi connectivity index (χ1n) is 28.4. The van der Waals surface area contributed by atoms with Gasteiger partial charge < -0.3 is 27.9 Å². The third-order valence-electron chi connectivity index (χ3n) is 12.8. The molecule has 0 aromatic carbocycles. The molecule has 392 valence electrons. The monoisotopic (exact) mass is 956 g/mol. The fraction of sp³-hybridized carbons (Fsp3) is 0.929. The van der Waals surface area contributed by atoms with Gasteiger partial charge in [-0.1, -0.05) is 251 Å². The van der Waals surface area contributed by atoms with Crippen molar-refractivity contribution in [2.45, 2.75) is 290 Å². The van der Waals surface area contributed by atoms with Crippen LogP contribution in [-0.2, 0) is 32.7 Å². The number of unbranched alkanes of at least 4 members (excludes halogenated alkanes) is 37. The normalized spacial score (nSPS) is 13.4. The molecule has 0 radical (unpaired) electrons. The second-order valence-electron chi connectivity index (χ2n) is 20.7. The van der Waals surface area contributed by atoms with Crippen molar-refractivity contribution in [2.24, 2.45) is 0 Å². The predicted octanol–water partition coefficient (Wildman–Crippen LogP) is 16.6. The molecule has 0 aliphatic heterocycles. The van der Waals surface area contributed by atoms with Gasteiger partial charge in [0.05, 0.1) is 27.7 Å². The number of hydrogen-bond acceptors (Lipinski definition) is 8. The number of likely N-dealkylation sites (N-methyl/N-ethyl adjacent to an activating group) is 1. The topological polar surface area (TPSA) is 111 Å². The molecule has 0 spiro atoms. The highest BCUT2D eigenvalue weighted by Crippen LogP contribution is 2.38. The fourth-order valence-corrected chi connectivity index (χ4v) is 9.07. The van der Waals surface area contributed by atoms with Gasteiger partial charge in [-0.15, -0.1) is 0 Å². The third kappa shape index (κ3) is 52.1. The maximum absolute atomic E-state index is 12.7. The number of esters is 2. The van der Waals surface area contributed by atoms with Crippen molar-refractivity contribution in [1.29, 1.82) is 0 Å². The summed E-state index contributed by atoms with van der Waals surface area (Å²) in [4.78, 5) is 37.6. The van der Waals surface area contributed by atoms with Crippen molar-refractivity contribution in [1.82, 2.24) is 0 Å². The molecule has 66 heavy (non-hydrogen) atoms. The molecule has 0 saturated carbocycles. The predicted molar refractivity (Wildman–Crippen MR) is 278 cm³/mol. The van der Waals surface area contributed by atoms with Gasteiger partial charge in [0.25, 0.3) is 7.82 Å². The molecule has 10 heteroatoms. The fourth-order valence-electron chi connectivity index (χ4n) is 8.35. The minimum atomic E-state index is -4.62. The minimum Gasteiger partial charge on any atom is -0.756 e. The van der Waals surface area contributed by atoms with Gasteiger partial charge in [0.15, 0.2) is 6.10 Å². The lowest BCUT2D eigenvalue weighted by Gasteiger charge is -2.28.